The smallest absolute Gasteiger partial charge is 0.258 e. The second kappa shape index (κ2) is 4.05. The van der Waals surface area contributed by atoms with Crippen molar-refractivity contribution in [3.63, 3.8) is 0 Å². The second-order valence-corrected chi connectivity index (χ2v) is 3.34. The lowest BCUT2D eigenvalue weighted by Crippen LogP contribution is -1.98. The van der Waals surface area contributed by atoms with Crippen molar-refractivity contribution in [1.82, 2.24) is 0 Å². The van der Waals surface area contributed by atoms with Crippen molar-refractivity contribution in [3.8, 4) is 0 Å². The number of nitrogens with zero attached hydrogens (tertiary/aromatic N) is 1. The van der Waals surface area contributed by atoms with E-state index in [0.29, 0.717) is 12.0 Å². The molecule has 3 heteroatoms. The van der Waals surface area contributed by atoms with Gasteiger partial charge in [-0.25, -0.2) is 0 Å². The zero-order chi connectivity index (χ0) is 10.7. The average molecular weight is 191 g/mol. The van der Waals surface area contributed by atoms with Gasteiger partial charge in [-0.2, -0.15) is 0 Å². The van der Waals surface area contributed by atoms with Crippen LogP contribution in [-0.4, -0.2) is 4.92 Å². The van der Waals surface area contributed by atoms with Gasteiger partial charge in [-0.3, -0.25) is 10.1 Å². The zero-order valence-electron chi connectivity index (χ0n) is 8.41. The number of hydrogen-bond donors (Lipinski definition) is 0. The van der Waals surface area contributed by atoms with Crippen molar-refractivity contribution in [2.24, 2.45) is 0 Å². The summed E-state index contributed by atoms with van der Waals surface area (Å²) in [5.74, 6) is 0. The second-order valence-electron chi connectivity index (χ2n) is 3.34. The van der Waals surface area contributed by atoms with Gasteiger partial charge in [-0.1, -0.05) is 11.6 Å². The maximum absolute atomic E-state index is 10.8. The first kappa shape index (κ1) is 10.4. The van der Waals surface area contributed by atoms with Gasteiger partial charge in [0.05, 0.1) is 4.92 Å². The van der Waals surface area contributed by atoms with Gasteiger partial charge in [0.15, 0.2) is 0 Å². The fourth-order valence-electron chi connectivity index (χ4n) is 1.62. The third-order valence-corrected chi connectivity index (χ3v) is 2.07. The van der Waals surface area contributed by atoms with Gasteiger partial charge in [0.2, 0.25) is 0 Å². The Balaban J connectivity index is 3.35. The number of nitro benzene ring substituents is 1. The minimum atomic E-state index is -0.326. The molecule has 14 heavy (non-hydrogen) atoms. The normalized spacial score (nSPS) is 9.86. The molecule has 0 bridgehead atoms. The molecule has 0 aromatic heterocycles. The predicted octanol–water partition coefficient (Wildman–Crippen LogP) is 2.94. The lowest BCUT2D eigenvalue weighted by molar-refractivity contribution is -0.386. The van der Waals surface area contributed by atoms with E-state index in [9.17, 15) is 10.1 Å². The summed E-state index contributed by atoms with van der Waals surface area (Å²) in [6.07, 6.45) is 2.22. The van der Waals surface area contributed by atoms with Crippen molar-refractivity contribution in [2.45, 2.75) is 20.3 Å². The van der Waals surface area contributed by atoms with Crippen LogP contribution in [0.15, 0.2) is 24.8 Å². The number of nitro groups is 1. The summed E-state index contributed by atoms with van der Waals surface area (Å²) >= 11 is 0. The molecule has 0 aliphatic heterocycles. The first-order valence-corrected chi connectivity index (χ1v) is 4.41. The lowest BCUT2D eigenvalue weighted by atomic mass is 10.0. The molecule has 0 aliphatic carbocycles. The molecule has 0 fully saturated rings. The molecule has 0 heterocycles. The highest BCUT2D eigenvalue weighted by Gasteiger charge is 2.16. The van der Waals surface area contributed by atoms with Crippen LogP contribution in [0.3, 0.4) is 0 Å². The number of hydrogen-bond acceptors (Lipinski definition) is 2. The van der Waals surface area contributed by atoms with Crippen LogP contribution in [0.4, 0.5) is 5.69 Å². The molecule has 0 saturated carbocycles. The molecular weight excluding hydrogens is 178 g/mol. The van der Waals surface area contributed by atoms with E-state index in [1.54, 1.807) is 13.0 Å². The van der Waals surface area contributed by atoms with Gasteiger partial charge in [0.25, 0.3) is 5.69 Å². The minimum Gasteiger partial charge on any atom is -0.258 e. The standard InChI is InChI=1S/C11H13NO2/c1-4-5-10-7-8(2)6-9(3)11(10)12(13)14/h4,6-7H,1,5H2,2-3H3. The van der Waals surface area contributed by atoms with Crippen LogP contribution in [0.1, 0.15) is 16.7 Å². The Morgan fingerprint density at radius 2 is 2.14 bits per heavy atom. The molecule has 74 valence electrons. The SMILES string of the molecule is C=CCc1cc(C)cc(C)c1[N+](=O)[O-]. The molecule has 0 radical (unpaired) electrons. The van der Waals surface area contributed by atoms with E-state index in [4.69, 9.17) is 0 Å². The van der Waals surface area contributed by atoms with Gasteiger partial charge in [-0.05, 0) is 32.4 Å². The van der Waals surface area contributed by atoms with Crippen molar-refractivity contribution in [2.75, 3.05) is 0 Å². The molecule has 0 spiro atoms. The molecule has 0 atom stereocenters. The van der Waals surface area contributed by atoms with Crippen LogP contribution < -0.4 is 0 Å². The quantitative estimate of drug-likeness (QED) is 0.419. The Morgan fingerprint density at radius 1 is 1.50 bits per heavy atom. The Morgan fingerprint density at radius 3 is 2.64 bits per heavy atom. The summed E-state index contributed by atoms with van der Waals surface area (Å²) in [5, 5.41) is 10.8. The van der Waals surface area contributed by atoms with Gasteiger partial charge in [0, 0.05) is 11.1 Å². The van der Waals surface area contributed by atoms with E-state index in [2.05, 4.69) is 6.58 Å². The molecule has 1 aromatic carbocycles. The minimum absolute atomic E-state index is 0.218. The molecule has 1 aromatic rings. The molecule has 0 saturated heterocycles. The molecule has 1 rings (SSSR count). The molecule has 0 N–H and O–H groups in total. The summed E-state index contributed by atoms with van der Waals surface area (Å²) in [6.45, 7) is 7.29. The van der Waals surface area contributed by atoms with Crippen molar-refractivity contribution in [1.29, 1.82) is 0 Å². The van der Waals surface area contributed by atoms with Crippen molar-refractivity contribution < 1.29 is 4.92 Å². The molecule has 0 unspecified atom stereocenters. The first-order valence-electron chi connectivity index (χ1n) is 4.41. The predicted molar refractivity (Wildman–Crippen MR) is 56.5 cm³/mol. The van der Waals surface area contributed by atoms with Crippen LogP contribution in [0.25, 0.3) is 0 Å². The van der Waals surface area contributed by atoms with E-state index in [-0.39, 0.29) is 10.6 Å². The number of rotatable bonds is 3. The van der Waals surface area contributed by atoms with E-state index >= 15 is 0 Å². The maximum Gasteiger partial charge on any atom is 0.275 e. The monoisotopic (exact) mass is 191 g/mol. The Bertz CT molecular complexity index is 383. The van der Waals surface area contributed by atoms with E-state index < -0.39 is 0 Å². The molecule has 0 aliphatic rings. The topological polar surface area (TPSA) is 43.1 Å². The fraction of sp³-hybridized carbons (Fsp3) is 0.273. The van der Waals surface area contributed by atoms with E-state index in [1.165, 1.54) is 0 Å². The van der Waals surface area contributed by atoms with Gasteiger partial charge in [0.1, 0.15) is 0 Å². The molecule has 3 nitrogen and oxygen atoms in total. The highest BCUT2D eigenvalue weighted by Crippen LogP contribution is 2.25. The number of aryl methyl sites for hydroxylation is 2. The Kier molecular flexibility index (Phi) is 3.02. The zero-order valence-corrected chi connectivity index (χ0v) is 8.41. The van der Waals surface area contributed by atoms with Crippen LogP contribution in [0, 0.1) is 24.0 Å². The maximum atomic E-state index is 10.8. The third-order valence-electron chi connectivity index (χ3n) is 2.07. The summed E-state index contributed by atoms with van der Waals surface area (Å²) in [7, 11) is 0. The third kappa shape index (κ3) is 1.99. The summed E-state index contributed by atoms with van der Waals surface area (Å²) < 4.78 is 0. The van der Waals surface area contributed by atoms with E-state index in [0.717, 1.165) is 11.1 Å². The first-order chi connectivity index (χ1) is 6.56. The highest BCUT2D eigenvalue weighted by atomic mass is 16.6. The van der Waals surface area contributed by atoms with Gasteiger partial charge >= 0.3 is 0 Å². The fourth-order valence-corrected chi connectivity index (χ4v) is 1.62. The average Bonchev–Trinajstić information content (AvgIpc) is 2.01. The van der Waals surface area contributed by atoms with Gasteiger partial charge < -0.3 is 0 Å². The Hall–Kier alpha value is -1.64. The number of allylic oxidation sites excluding steroid dienone is 1. The largest absolute Gasteiger partial charge is 0.275 e. The highest BCUT2D eigenvalue weighted by molar-refractivity contribution is 5.50. The summed E-state index contributed by atoms with van der Waals surface area (Å²) in [5.41, 5.74) is 2.72. The summed E-state index contributed by atoms with van der Waals surface area (Å²) in [4.78, 5) is 10.5. The molecule has 0 amide bonds. The lowest BCUT2D eigenvalue weighted by Gasteiger charge is -2.04. The van der Waals surface area contributed by atoms with Crippen LogP contribution in [-0.2, 0) is 6.42 Å². The molecular formula is C11H13NO2. The number of benzene rings is 1. The van der Waals surface area contributed by atoms with Crippen LogP contribution >= 0.6 is 0 Å². The van der Waals surface area contributed by atoms with Crippen molar-refractivity contribution >= 4 is 5.69 Å². The van der Waals surface area contributed by atoms with Crippen LogP contribution in [0.2, 0.25) is 0 Å². The van der Waals surface area contributed by atoms with Crippen LogP contribution in [0.5, 0.6) is 0 Å². The van der Waals surface area contributed by atoms with Crippen molar-refractivity contribution in [3.05, 3.63) is 51.6 Å². The van der Waals surface area contributed by atoms with E-state index in [1.807, 2.05) is 19.1 Å². The Labute approximate surface area is 83.2 Å². The van der Waals surface area contributed by atoms with Gasteiger partial charge in [-0.15, -0.1) is 6.58 Å². The summed E-state index contributed by atoms with van der Waals surface area (Å²) in [6, 6.07) is 3.66.